The van der Waals surface area contributed by atoms with Crippen LogP contribution in [-0.4, -0.2) is 21.7 Å². The Morgan fingerprint density at radius 2 is 1.80 bits per heavy atom. The van der Waals surface area contributed by atoms with Crippen LogP contribution < -0.4 is 5.73 Å². The highest BCUT2D eigenvalue weighted by molar-refractivity contribution is 6.32. The zero-order valence-corrected chi connectivity index (χ0v) is 13.8. The second-order valence-electron chi connectivity index (χ2n) is 5.23. The van der Waals surface area contributed by atoms with Crippen molar-refractivity contribution in [1.82, 2.24) is 9.78 Å². The normalized spacial score (nSPS) is 10.4. The molecule has 1 aromatic heterocycles. The molecule has 0 fully saturated rings. The summed E-state index contributed by atoms with van der Waals surface area (Å²) in [6, 6.07) is 15.3. The van der Waals surface area contributed by atoms with Crippen LogP contribution in [0.2, 0.25) is 5.02 Å². The van der Waals surface area contributed by atoms with E-state index in [1.54, 1.807) is 48.7 Å². The van der Waals surface area contributed by atoms with Crippen LogP contribution >= 0.6 is 11.6 Å². The van der Waals surface area contributed by atoms with Gasteiger partial charge in [-0.2, -0.15) is 5.10 Å². The maximum Gasteiger partial charge on any atom is 0.359 e. The van der Waals surface area contributed by atoms with Crippen LogP contribution in [0.4, 0.5) is 0 Å². The highest BCUT2D eigenvalue weighted by Crippen LogP contribution is 2.19. The minimum absolute atomic E-state index is 0.0663. The lowest BCUT2D eigenvalue weighted by Crippen LogP contribution is -2.11. The zero-order valence-electron chi connectivity index (χ0n) is 13.1. The molecule has 2 N–H and O–H groups in total. The van der Waals surface area contributed by atoms with Crippen molar-refractivity contribution in [3.63, 3.8) is 0 Å². The summed E-state index contributed by atoms with van der Waals surface area (Å²) in [5.74, 6) is -1.06. The van der Waals surface area contributed by atoms with E-state index in [2.05, 4.69) is 5.10 Å². The third-order valence-corrected chi connectivity index (χ3v) is 3.83. The SMILES string of the molecule is NC(=O)c1ccc(COC(=O)c2ccn(-c3ccccc3Cl)n2)cc1. The molecule has 3 aromatic rings. The third kappa shape index (κ3) is 3.87. The van der Waals surface area contributed by atoms with Crippen molar-refractivity contribution >= 4 is 23.5 Å². The summed E-state index contributed by atoms with van der Waals surface area (Å²) in [4.78, 5) is 23.1. The largest absolute Gasteiger partial charge is 0.456 e. The van der Waals surface area contributed by atoms with Crippen molar-refractivity contribution in [3.8, 4) is 5.69 Å². The first-order chi connectivity index (χ1) is 12.0. The van der Waals surface area contributed by atoms with Gasteiger partial charge < -0.3 is 10.5 Å². The molecule has 0 aliphatic rings. The predicted octanol–water partition coefficient (Wildman–Crippen LogP) is 2.98. The molecule has 3 rings (SSSR count). The molecule has 25 heavy (non-hydrogen) atoms. The summed E-state index contributed by atoms with van der Waals surface area (Å²) >= 11 is 6.11. The fourth-order valence-corrected chi connectivity index (χ4v) is 2.41. The molecule has 0 aliphatic heterocycles. The van der Waals surface area contributed by atoms with Crippen LogP contribution in [0.5, 0.6) is 0 Å². The van der Waals surface area contributed by atoms with Gasteiger partial charge >= 0.3 is 5.97 Å². The molecular weight excluding hydrogens is 342 g/mol. The summed E-state index contributed by atoms with van der Waals surface area (Å²) in [5, 5.41) is 4.72. The molecule has 1 heterocycles. The number of esters is 1. The van der Waals surface area contributed by atoms with Crippen molar-refractivity contribution in [2.24, 2.45) is 5.73 Å². The van der Waals surface area contributed by atoms with Gasteiger partial charge in [0.2, 0.25) is 5.91 Å². The number of hydrogen-bond acceptors (Lipinski definition) is 4. The average molecular weight is 356 g/mol. The topological polar surface area (TPSA) is 87.2 Å². The third-order valence-electron chi connectivity index (χ3n) is 3.51. The number of ether oxygens (including phenoxy) is 1. The minimum atomic E-state index is -0.551. The first-order valence-corrected chi connectivity index (χ1v) is 7.79. The molecule has 2 aromatic carbocycles. The molecule has 0 aliphatic carbocycles. The lowest BCUT2D eigenvalue weighted by molar-refractivity contribution is 0.0465. The van der Waals surface area contributed by atoms with Crippen molar-refractivity contribution in [1.29, 1.82) is 0 Å². The number of benzene rings is 2. The van der Waals surface area contributed by atoms with E-state index in [0.717, 1.165) is 5.56 Å². The summed E-state index contributed by atoms with van der Waals surface area (Å²) in [5.41, 5.74) is 7.16. The van der Waals surface area contributed by atoms with Crippen LogP contribution in [0.15, 0.2) is 60.8 Å². The van der Waals surface area contributed by atoms with Crippen molar-refractivity contribution in [2.45, 2.75) is 6.61 Å². The fraction of sp³-hybridized carbons (Fsp3) is 0.0556. The van der Waals surface area contributed by atoms with E-state index >= 15 is 0 Å². The Morgan fingerprint density at radius 3 is 2.48 bits per heavy atom. The molecule has 0 bridgehead atoms. The molecule has 7 heteroatoms. The van der Waals surface area contributed by atoms with E-state index in [-0.39, 0.29) is 12.3 Å². The van der Waals surface area contributed by atoms with Gasteiger partial charge in [-0.3, -0.25) is 4.79 Å². The maximum atomic E-state index is 12.1. The van der Waals surface area contributed by atoms with E-state index in [1.165, 1.54) is 4.68 Å². The average Bonchev–Trinajstić information content (AvgIpc) is 3.10. The van der Waals surface area contributed by atoms with E-state index < -0.39 is 11.9 Å². The Hall–Kier alpha value is -3.12. The Kier molecular flexibility index (Phi) is 4.81. The summed E-state index contributed by atoms with van der Waals surface area (Å²) in [6.45, 7) is 0.0663. The monoisotopic (exact) mass is 355 g/mol. The lowest BCUT2D eigenvalue weighted by Gasteiger charge is -2.05. The van der Waals surface area contributed by atoms with E-state index in [4.69, 9.17) is 22.1 Å². The van der Waals surface area contributed by atoms with Gasteiger partial charge in [0.1, 0.15) is 6.61 Å². The van der Waals surface area contributed by atoms with Gasteiger partial charge in [0.25, 0.3) is 0 Å². The second kappa shape index (κ2) is 7.19. The molecule has 1 amide bonds. The standard InChI is InChI=1S/C18H14ClN3O3/c19-14-3-1-2-4-16(14)22-10-9-15(21-22)18(24)25-11-12-5-7-13(8-6-12)17(20)23/h1-10H,11H2,(H2,20,23). The van der Waals surface area contributed by atoms with Crippen LogP contribution in [0.1, 0.15) is 26.4 Å². The number of amides is 1. The first-order valence-electron chi connectivity index (χ1n) is 7.41. The van der Waals surface area contributed by atoms with Crippen molar-refractivity contribution in [2.75, 3.05) is 0 Å². The van der Waals surface area contributed by atoms with E-state index in [1.807, 2.05) is 12.1 Å². The number of carbonyl (C=O) groups excluding carboxylic acids is 2. The number of nitrogens with two attached hydrogens (primary N) is 1. The molecular formula is C18H14ClN3O3. The van der Waals surface area contributed by atoms with Gasteiger partial charge in [0.05, 0.1) is 10.7 Å². The van der Waals surface area contributed by atoms with Crippen LogP contribution in [0, 0.1) is 0 Å². The van der Waals surface area contributed by atoms with Gasteiger partial charge in [-0.1, -0.05) is 35.9 Å². The quantitative estimate of drug-likeness (QED) is 0.713. The number of rotatable bonds is 5. The number of carbonyl (C=O) groups is 2. The highest BCUT2D eigenvalue weighted by atomic mass is 35.5. The number of para-hydroxylation sites is 1. The van der Waals surface area contributed by atoms with Crippen LogP contribution in [0.3, 0.4) is 0 Å². The van der Waals surface area contributed by atoms with E-state index in [9.17, 15) is 9.59 Å². The molecule has 0 saturated carbocycles. The van der Waals surface area contributed by atoms with Crippen molar-refractivity contribution < 1.29 is 14.3 Å². The Morgan fingerprint density at radius 1 is 1.08 bits per heavy atom. The minimum Gasteiger partial charge on any atom is -0.456 e. The van der Waals surface area contributed by atoms with Gasteiger partial charge in [-0.15, -0.1) is 0 Å². The summed E-state index contributed by atoms with van der Waals surface area (Å²) < 4.78 is 6.74. The molecule has 126 valence electrons. The molecule has 0 radical (unpaired) electrons. The Labute approximate surface area is 148 Å². The fourth-order valence-electron chi connectivity index (χ4n) is 2.19. The first kappa shape index (κ1) is 16.7. The summed E-state index contributed by atoms with van der Waals surface area (Å²) in [7, 11) is 0. The molecule has 0 atom stereocenters. The molecule has 0 unspecified atom stereocenters. The predicted molar refractivity (Wildman–Crippen MR) is 92.7 cm³/mol. The number of nitrogens with zero attached hydrogens (tertiary/aromatic N) is 2. The number of hydrogen-bond donors (Lipinski definition) is 1. The van der Waals surface area contributed by atoms with Gasteiger partial charge in [-0.05, 0) is 35.9 Å². The number of primary amides is 1. The van der Waals surface area contributed by atoms with Crippen LogP contribution in [0.25, 0.3) is 5.69 Å². The van der Waals surface area contributed by atoms with Gasteiger partial charge in [0.15, 0.2) is 5.69 Å². The summed E-state index contributed by atoms with van der Waals surface area (Å²) in [6.07, 6.45) is 1.64. The zero-order chi connectivity index (χ0) is 17.8. The smallest absolute Gasteiger partial charge is 0.359 e. The Bertz CT molecular complexity index is 919. The van der Waals surface area contributed by atoms with Gasteiger partial charge in [0, 0.05) is 11.8 Å². The second-order valence-corrected chi connectivity index (χ2v) is 5.64. The molecule has 0 saturated heterocycles. The van der Waals surface area contributed by atoms with Crippen LogP contribution in [-0.2, 0) is 11.3 Å². The maximum absolute atomic E-state index is 12.1. The van der Waals surface area contributed by atoms with Crippen molar-refractivity contribution in [3.05, 3.63) is 82.6 Å². The lowest BCUT2D eigenvalue weighted by atomic mass is 10.1. The molecule has 6 nitrogen and oxygen atoms in total. The van der Waals surface area contributed by atoms with E-state index in [0.29, 0.717) is 16.3 Å². The number of halogens is 1. The molecule has 0 spiro atoms. The highest BCUT2D eigenvalue weighted by Gasteiger charge is 2.13. The van der Waals surface area contributed by atoms with Gasteiger partial charge in [-0.25, -0.2) is 9.48 Å². The Balaban J connectivity index is 1.66. The number of aromatic nitrogens is 2.